The molecule has 0 unspecified atom stereocenters. The molecule has 0 saturated heterocycles. The van der Waals surface area contributed by atoms with Gasteiger partial charge in [-0.3, -0.25) is 0 Å². The van der Waals surface area contributed by atoms with E-state index in [0.29, 0.717) is 13.2 Å². The van der Waals surface area contributed by atoms with Gasteiger partial charge in [0.25, 0.3) is 0 Å². The Morgan fingerprint density at radius 1 is 1.57 bits per heavy atom. The third-order valence-electron chi connectivity index (χ3n) is 1.61. The largest absolute Gasteiger partial charge is 0.378 e. The zero-order valence-electron chi connectivity index (χ0n) is 8.58. The first-order valence-corrected chi connectivity index (χ1v) is 4.44. The Balaban J connectivity index is 2.77. The predicted octanol–water partition coefficient (Wildman–Crippen LogP) is 1.53. The van der Waals surface area contributed by atoms with Gasteiger partial charge in [0.15, 0.2) is 0 Å². The van der Waals surface area contributed by atoms with Gasteiger partial charge >= 0.3 is 0 Å². The third kappa shape index (κ3) is 3.14. The van der Waals surface area contributed by atoms with Crippen molar-refractivity contribution in [3.8, 4) is 0 Å². The molecule has 76 valence electrons. The molecule has 0 radical (unpaired) electrons. The molecule has 1 aromatic heterocycles. The molecule has 14 heavy (non-hydrogen) atoms. The fourth-order valence-corrected chi connectivity index (χ4v) is 1.12. The lowest BCUT2D eigenvalue weighted by Gasteiger charge is -2.06. The quantitative estimate of drug-likeness (QED) is 0.720. The first kappa shape index (κ1) is 10.7. The Morgan fingerprint density at radius 2 is 2.36 bits per heavy atom. The third-order valence-corrected chi connectivity index (χ3v) is 1.61. The van der Waals surface area contributed by atoms with E-state index in [9.17, 15) is 0 Å². The minimum absolute atomic E-state index is 0.506. The summed E-state index contributed by atoms with van der Waals surface area (Å²) >= 11 is 0. The number of rotatable bonds is 5. The molecule has 0 fully saturated rings. The Hall–Kier alpha value is -1.42. The van der Waals surface area contributed by atoms with Crippen LogP contribution in [0, 0.1) is 6.92 Å². The highest BCUT2D eigenvalue weighted by molar-refractivity contribution is 5.36. The zero-order valence-corrected chi connectivity index (χ0v) is 8.58. The highest BCUT2D eigenvalue weighted by Gasteiger charge is 2.00. The Morgan fingerprint density at radius 3 is 3.00 bits per heavy atom. The number of methoxy groups -OCH3 is 1. The molecule has 0 aliphatic carbocycles. The van der Waals surface area contributed by atoms with Crippen LogP contribution in [-0.4, -0.2) is 23.6 Å². The standard InChI is InChI=1S/C10H15N3O/c1-4-5-11-10-6-9(7-14-3)12-8(2)13-10/h4,6H,1,5,7H2,2-3H3,(H,11,12,13). The highest BCUT2D eigenvalue weighted by atomic mass is 16.5. The van der Waals surface area contributed by atoms with Crippen LogP contribution < -0.4 is 5.32 Å². The van der Waals surface area contributed by atoms with E-state index in [-0.39, 0.29) is 0 Å². The highest BCUT2D eigenvalue weighted by Crippen LogP contribution is 2.06. The summed E-state index contributed by atoms with van der Waals surface area (Å²) in [6.45, 7) is 6.69. The van der Waals surface area contributed by atoms with Crippen molar-refractivity contribution >= 4 is 5.82 Å². The van der Waals surface area contributed by atoms with E-state index < -0.39 is 0 Å². The number of aryl methyl sites for hydroxylation is 1. The van der Waals surface area contributed by atoms with Crippen molar-refractivity contribution in [2.75, 3.05) is 19.0 Å². The first-order chi connectivity index (χ1) is 6.76. The van der Waals surface area contributed by atoms with Gasteiger partial charge in [-0.05, 0) is 6.92 Å². The zero-order chi connectivity index (χ0) is 10.4. The van der Waals surface area contributed by atoms with Gasteiger partial charge in [0, 0.05) is 19.7 Å². The van der Waals surface area contributed by atoms with Gasteiger partial charge in [-0.15, -0.1) is 6.58 Å². The maximum atomic E-state index is 5.00. The SMILES string of the molecule is C=CCNc1cc(COC)nc(C)n1. The van der Waals surface area contributed by atoms with E-state index in [1.165, 1.54) is 0 Å². The van der Waals surface area contributed by atoms with Gasteiger partial charge in [-0.25, -0.2) is 9.97 Å². The summed E-state index contributed by atoms with van der Waals surface area (Å²) in [7, 11) is 1.65. The Labute approximate surface area is 84.0 Å². The van der Waals surface area contributed by atoms with Crippen LogP contribution >= 0.6 is 0 Å². The van der Waals surface area contributed by atoms with Crippen LogP contribution in [0.1, 0.15) is 11.5 Å². The summed E-state index contributed by atoms with van der Waals surface area (Å²) in [5, 5.41) is 3.11. The van der Waals surface area contributed by atoms with Gasteiger partial charge in [0.2, 0.25) is 0 Å². The molecule has 0 spiro atoms. The summed E-state index contributed by atoms with van der Waals surface area (Å²) in [5.41, 5.74) is 0.881. The number of hydrogen-bond acceptors (Lipinski definition) is 4. The van der Waals surface area contributed by atoms with E-state index in [4.69, 9.17) is 4.74 Å². The van der Waals surface area contributed by atoms with E-state index in [1.807, 2.05) is 13.0 Å². The van der Waals surface area contributed by atoms with Crippen molar-refractivity contribution in [1.29, 1.82) is 0 Å². The summed E-state index contributed by atoms with van der Waals surface area (Å²) in [6, 6.07) is 1.88. The van der Waals surface area contributed by atoms with Crippen molar-refractivity contribution < 1.29 is 4.74 Å². The fourth-order valence-electron chi connectivity index (χ4n) is 1.12. The normalized spacial score (nSPS) is 9.86. The monoisotopic (exact) mass is 193 g/mol. The molecule has 0 aromatic carbocycles. The topological polar surface area (TPSA) is 47.0 Å². The number of aromatic nitrogens is 2. The predicted molar refractivity (Wildman–Crippen MR) is 56.2 cm³/mol. The molecular weight excluding hydrogens is 178 g/mol. The lowest BCUT2D eigenvalue weighted by atomic mass is 10.4. The van der Waals surface area contributed by atoms with Crippen LogP contribution in [0.15, 0.2) is 18.7 Å². The number of ether oxygens (including phenoxy) is 1. The van der Waals surface area contributed by atoms with Crippen molar-refractivity contribution in [2.24, 2.45) is 0 Å². The van der Waals surface area contributed by atoms with Crippen LogP contribution in [0.4, 0.5) is 5.82 Å². The number of anilines is 1. The number of nitrogens with zero attached hydrogens (tertiary/aromatic N) is 2. The molecule has 0 aliphatic rings. The summed E-state index contributed by atoms with van der Waals surface area (Å²) in [5.74, 6) is 1.55. The van der Waals surface area contributed by atoms with Crippen LogP contribution in [0.2, 0.25) is 0 Å². The van der Waals surface area contributed by atoms with E-state index in [0.717, 1.165) is 17.3 Å². The fraction of sp³-hybridized carbons (Fsp3) is 0.400. The van der Waals surface area contributed by atoms with Crippen LogP contribution in [0.5, 0.6) is 0 Å². The van der Waals surface area contributed by atoms with Crippen molar-refractivity contribution in [3.05, 3.63) is 30.2 Å². The summed E-state index contributed by atoms with van der Waals surface area (Å²) in [4.78, 5) is 8.46. The van der Waals surface area contributed by atoms with Crippen LogP contribution in [-0.2, 0) is 11.3 Å². The lowest BCUT2D eigenvalue weighted by molar-refractivity contribution is 0.181. The van der Waals surface area contributed by atoms with Gasteiger partial charge < -0.3 is 10.1 Å². The smallest absolute Gasteiger partial charge is 0.130 e. The van der Waals surface area contributed by atoms with Gasteiger partial charge in [-0.1, -0.05) is 6.08 Å². The van der Waals surface area contributed by atoms with Crippen molar-refractivity contribution in [2.45, 2.75) is 13.5 Å². The molecule has 1 rings (SSSR count). The maximum Gasteiger partial charge on any atom is 0.130 e. The Kier molecular flexibility index (Phi) is 4.07. The molecular formula is C10H15N3O. The van der Waals surface area contributed by atoms with Gasteiger partial charge in [0.05, 0.1) is 12.3 Å². The Bertz CT molecular complexity index is 312. The van der Waals surface area contributed by atoms with Crippen molar-refractivity contribution in [3.63, 3.8) is 0 Å². The molecule has 0 amide bonds. The number of hydrogen-bond donors (Lipinski definition) is 1. The maximum absolute atomic E-state index is 5.00. The van der Waals surface area contributed by atoms with Gasteiger partial charge in [-0.2, -0.15) is 0 Å². The number of nitrogens with one attached hydrogen (secondary N) is 1. The minimum Gasteiger partial charge on any atom is -0.378 e. The van der Waals surface area contributed by atoms with Gasteiger partial charge in [0.1, 0.15) is 11.6 Å². The molecule has 4 nitrogen and oxygen atoms in total. The summed E-state index contributed by atoms with van der Waals surface area (Å²) < 4.78 is 5.00. The molecule has 0 atom stereocenters. The van der Waals surface area contributed by atoms with Crippen LogP contribution in [0.25, 0.3) is 0 Å². The van der Waals surface area contributed by atoms with Crippen molar-refractivity contribution in [1.82, 2.24) is 9.97 Å². The second-order valence-corrected chi connectivity index (χ2v) is 2.89. The van der Waals surface area contributed by atoms with Crippen LogP contribution in [0.3, 0.4) is 0 Å². The summed E-state index contributed by atoms with van der Waals surface area (Å²) in [6.07, 6.45) is 1.79. The molecule has 1 aromatic rings. The van der Waals surface area contributed by atoms with E-state index in [1.54, 1.807) is 13.2 Å². The molecule has 0 aliphatic heterocycles. The average Bonchev–Trinajstić information content (AvgIpc) is 2.14. The molecule has 1 N–H and O–H groups in total. The average molecular weight is 193 g/mol. The molecule has 4 heteroatoms. The molecule has 1 heterocycles. The first-order valence-electron chi connectivity index (χ1n) is 4.44. The lowest BCUT2D eigenvalue weighted by Crippen LogP contribution is -2.05. The van der Waals surface area contributed by atoms with E-state index in [2.05, 4.69) is 21.9 Å². The molecule has 0 saturated carbocycles. The second-order valence-electron chi connectivity index (χ2n) is 2.89. The second kappa shape index (κ2) is 5.34. The molecule has 0 bridgehead atoms. The van der Waals surface area contributed by atoms with E-state index >= 15 is 0 Å². The minimum atomic E-state index is 0.506.